The van der Waals surface area contributed by atoms with E-state index in [1.54, 1.807) is 7.05 Å². The van der Waals surface area contributed by atoms with Crippen molar-refractivity contribution < 1.29 is 4.79 Å². The van der Waals surface area contributed by atoms with Crippen LogP contribution in [0.3, 0.4) is 0 Å². The van der Waals surface area contributed by atoms with Gasteiger partial charge in [0, 0.05) is 32.8 Å². The van der Waals surface area contributed by atoms with Crippen molar-refractivity contribution in [2.75, 3.05) is 6.54 Å². The van der Waals surface area contributed by atoms with Gasteiger partial charge in [-0.3, -0.25) is 18.7 Å². The molecular formula is C23H28N4O3. The number of benzene rings is 1. The molecule has 3 aromatic rings. The zero-order valence-corrected chi connectivity index (χ0v) is 18.2. The molecule has 1 N–H and O–H groups in total. The second-order valence-electron chi connectivity index (χ2n) is 7.82. The first-order valence-corrected chi connectivity index (χ1v) is 10.1. The molecule has 1 amide bonds. The summed E-state index contributed by atoms with van der Waals surface area (Å²) in [5, 5.41) is 3.42. The summed E-state index contributed by atoms with van der Waals surface area (Å²) in [5.74, 6) is 0.190. The van der Waals surface area contributed by atoms with E-state index in [2.05, 4.69) is 29.4 Å². The topological polar surface area (TPSA) is 86.0 Å². The van der Waals surface area contributed by atoms with E-state index in [1.807, 2.05) is 32.0 Å². The van der Waals surface area contributed by atoms with Gasteiger partial charge >= 0.3 is 5.69 Å². The lowest BCUT2D eigenvalue weighted by molar-refractivity contribution is -0.121. The Morgan fingerprint density at radius 2 is 1.77 bits per heavy atom. The molecule has 1 aromatic carbocycles. The molecule has 30 heavy (non-hydrogen) atoms. The van der Waals surface area contributed by atoms with Gasteiger partial charge in [0.25, 0.3) is 5.56 Å². The SMILES string of the molecule is Cc1nc2c(c(C)c1CCC(=O)NCC(C)c1ccccc1)c(=O)n(C)c(=O)n2C. The lowest BCUT2D eigenvalue weighted by atomic mass is 9.99. The number of nitrogens with one attached hydrogen (secondary N) is 1. The number of amides is 1. The average molecular weight is 409 g/mol. The van der Waals surface area contributed by atoms with E-state index in [0.717, 1.165) is 21.4 Å². The molecule has 0 radical (unpaired) electrons. The van der Waals surface area contributed by atoms with Crippen molar-refractivity contribution in [3.63, 3.8) is 0 Å². The van der Waals surface area contributed by atoms with Crippen molar-refractivity contribution >= 4 is 16.9 Å². The number of fused-ring (bicyclic) bond motifs is 1. The second-order valence-corrected chi connectivity index (χ2v) is 7.82. The number of hydrogen-bond donors (Lipinski definition) is 1. The lowest BCUT2D eigenvalue weighted by Crippen LogP contribution is -2.38. The molecule has 3 rings (SSSR count). The quantitative estimate of drug-likeness (QED) is 0.677. The lowest BCUT2D eigenvalue weighted by Gasteiger charge is -2.15. The predicted molar refractivity (Wildman–Crippen MR) is 118 cm³/mol. The first-order chi connectivity index (χ1) is 14.2. The highest BCUT2D eigenvalue weighted by Gasteiger charge is 2.17. The zero-order valence-electron chi connectivity index (χ0n) is 18.2. The van der Waals surface area contributed by atoms with Crippen molar-refractivity contribution in [2.45, 2.75) is 39.5 Å². The van der Waals surface area contributed by atoms with E-state index in [9.17, 15) is 14.4 Å². The number of nitrogens with zero attached hydrogens (tertiary/aromatic N) is 3. The highest BCUT2D eigenvalue weighted by molar-refractivity contribution is 5.80. The number of hydrogen-bond acceptors (Lipinski definition) is 4. The molecule has 0 saturated carbocycles. The maximum absolute atomic E-state index is 12.7. The van der Waals surface area contributed by atoms with Gasteiger partial charge < -0.3 is 5.32 Å². The molecule has 0 aliphatic carbocycles. The summed E-state index contributed by atoms with van der Waals surface area (Å²) < 4.78 is 2.48. The van der Waals surface area contributed by atoms with Crippen LogP contribution < -0.4 is 16.6 Å². The van der Waals surface area contributed by atoms with Crippen molar-refractivity contribution in [2.24, 2.45) is 14.1 Å². The van der Waals surface area contributed by atoms with E-state index in [-0.39, 0.29) is 17.4 Å². The number of carbonyl (C=O) groups excluding carboxylic acids is 1. The fraction of sp³-hybridized carbons (Fsp3) is 0.391. The van der Waals surface area contributed by atoms with Gasteiger partial charge in [-0.2, -0.15) is 0 Å². The Balaban J connectivity index is 1.77. The van der Waals surface area contributed by atoms with Crippen LogP contribution in [0.4, 0.5) is 0 Å². The molecule has 158 valence electrons. The largest absolute Gasteiger partial charge is 0.355 e. The molecular weight excluding hydrogens is 380 g/mol. The van der Waals surface area contributed by atoms with Crippen LogP contribution in [-0.2, 0) is 25.3 Å². The number of aromatic nitrogens is 3. The highest BCUT2D eigenvalue weighted by atomic mass is 16.2. The van der Waals surface area contributed by atoms with Crippen LogP contribution in [0.1, 0.15) is 41.6 Å². The van der Waals surface area contributed by atoms with Crippen LogP contribution in [-0.4, -0.2) is 26.6 Å². The van der Waals surface area contributed by atoms with Crippen molar-refractivity contribution in [3.05, 3.63) is 73.6 Å². The van der Waals surface area contributed by atoms with Gasteiger partial charge in [-0.1, -0.05) is 37.3 Å². The molecule has 0 spiro atoms. The molecule has 2 heterocycles. The summed E-state index contributed by atoms with van der Waals surface area (Å²) in [6.07, 6.45) is 0.792. The first-order valence-electron chi connectivity index (χ1n) is 10.1. The number of aryl methyl sites for hydroxylation is 3. The maximum atomic E-state index is 12.7. The van der Waals surface area contributed by atoms with E-state index in [1.165, 1.54) is 17.2 Å². The van der Waals surface area contributed by atoms with E-state index < -0.39 is 5.69 Å². The van der Waals surface area contributed by atoms with E-state index in [0.29, 0.717) is 30.4 Å². The molecule has 7 nitrogen and oxygen atoms in total. The van der Waals surface area contributed by atoms with Crippen LogP contribution in [0, 0.1) is 13.8 Å². The third-order valence-corrected chi connectivity index (χ3v) is 5.75. The normalized spacial score (nSPS) is 12.2. The monoisotopic (exact) mass is 408 g/mol. The molecule has 1 atom stereocenters. The Hall–Kier alpha value is -3.22. The first kappa shape index (κ1) is 21.5. The molecule has 1 unspecified atom stereocenters. The minimum atomic E-state index is -0.404. The molecule has 7 heteroatoms. The van der Waals surface area contributed by atoms with Gasteiger partial charge in [0.05, 0.1) is 5.39 Å². The summed E-state index contributed by atoms with van der Waals surface area (Å²) >= 11 is 0. The Morgan fingerprint density at radius 1 is 1.10 bits per heavy atom. The van der Waals surface area contributed by atoms with Crippen LogP contribution in [0.2, 0.25) is 0 Å². The molecule has 0 saturated heterocycles. The number of rotatable bonds is 6. The predicted octanol–water partition coefficient (Wildman–Crippen LogP) is 2.10. The Labute approximate surface area is 175 Å². The van der Waals surface area contributed by atoms with Crippen LogP contribution >= 0.6 is 0 Å². The van der Waals surface area contributed by atoms with Gasteiger partial charge in [0.2, 0.25) is 5.91 Å². The van der Waals surface area contributed by atoms with Gasteiger partial charge in [0.1, 0.15) is 5.65 Å². The third-order valence-electron chi connectivity index (χ3n) is 5.75. The summed E-state index contributed by atoms with van der Waals surface area (Å²) in [7, 11) is 3.07. The van der Waals surface area contributed by atoms with Crippen molar-refractivity contribution in [3.8, 4) is 0 Å². The third kappa shape index (κ3) is 4.06. The van der Waals surface area contributed by atoms with Crippen LogP contribution in [0.25, 0.3) is 11.0 Å². The van der Waals surface area contributed by atoms with Crippen molar-refractivity contribution in [1.29, 1.82) is 0 Å². The molecule has 0 bridgehead atoms. The van der Waals surface area contributed by atoms with Gasteiger partial charge in [-0.05, 0) is 42.9 Å². The molecule has 0 aliphatic rings. The van der Waals surface area contributed by atoms with E-state index >= 15 is 0 Å². The fourth-order valence-electron chi connectivity index (χ4n) is 3.80. The minimum Gasteiger partial charge on any atom is -0.355 e. The zero-order chi connectivity index (χ0) is 22.0. The Kier molecular flexibility index (Phi) is 6.20. The Bertz CT molecular complexity index is 1210. The van der Waals surface area contributed by atoms with Gasteiger partial charge in [-0.15, -0.1) is 0 Å². The van der Waals surface area contributed by atoms with E-state index in [4.69, 9.17) is 0 Å². The number of pyridine rings is 1. The minimum absolute atomic E-state index is 0.0370. The van der Waals surface area contributed by atoms with Gasteiger partial charge in [-0.25, -0.2) is 9.78 Å². The van der Waals surface area contributed by atoms with Crippen molar-refractivity contribution in [1.82, 2.24) is 19.4 Å². The molecule has 0 fully saturated rings. The highest BCUT2D eigenvalue weighted by Crippen LogP contribution is 2.20. The molecule has 0 aliphatic heterocycles. The summed E-state index contributed by atoms with van der Waals surface area (Å²) in [6, 6.07) is 10.1. The van der Waals surface area contributed by atoms with Crippen LogP contribution in [0.15, 0.2) is 39.9 Å². The summed E-state index contributed by atoms with van der Waals surface area (Å²) in [5.41, 5.74) is 3.18. The van der Waals surface area contributed by atoms with Gasteiger partial charge in [0.15, 0.2) is 0 Å². The maximum Gasteiger partial charge on any atom is 0.332 e. The summed E-state index contributed by atoms with van der Waals surface area (Å²) in [4.78, 5) is 41.8. The fourth-order valence-corrected chi connectivity index (χ4v) is 3.80. The van der Waals surface area contributed by atoms with Crippen LogP contribution in [0.5, 0.6) is 0 Å². The molecule has 2 aromatic heterocycles. The number of carbonyl (C=O) groups is 1. The smallest absolute Gasteiger partial charge is 0.332 e. The second kappa shape index (κ2) is 8.65. The average Bonchev–Trinajstić information content (AvgIpc) is 2.74. The standard InChI is InChI=1S/C23H28N4O3/c1-14(17-9-7-6-8-10-17)13-24-19(28)12-11-18-15(2)20-21(25-16(18)3)26(4)23(30)27(5)22(20)29/h6-10,14H,11-13H2,1-5H3,(H,24,28). The Morgan fingerprint density at radius 3 is 2.43 bits per heavy atom. The summed E-state index contributed by atoms with van der Waals surface area (Å²) in [6.45, 7) is 6.35.